The first-order valence-corrected chi connectivity index (χ1v) is 10.5. The van der Waals surface area contributed by atoms with Gasteiger partial charge in [-0.3, -0.25) is 9.35 Å². The Bertz CT molecular complexity index is 404. The van der Waals surface area contributed by atoms with Gasteiger partial charge in [0.2, 0.25) is 0 Å². The molecule has 24 heavy (non-hydrogen) atoms. The molecule has 0 aliphatic heterocycles. The van der Waals surface area contributed by atoms with Gasteiger partial charge in [-0.1, -0.05) is 84.0 Å². The normalized spacial score (nSPS) is 12.5. The average molecular weight is 375 g/mol. The minimum Gasteiger partial charge on any atom is -1.00 e. The Morgan fingerprint density at radius 3 is 1.62 bits per heavy atom. The third kappa shape index (κ3) is 14.7. The molecule has 1 N–H and O–H groups in total. The number of carbonyl (C=O) groups is 1. The summed E-state index contributed by atoms with van der Waals surface area (Å²) < 4.78 is 35.7. The fraction of sp³-hybridized carbons (Fsp3) is 0.941. The maximum atomic E-state index is 11.3. The molecule has 140 valence electrons. The summed E-state index contributed by atoms with van der Waals surface area (Å²) in [5, 5.41) is -1.43. The van der Waals surface area contributed by atoms with Gasteiger partial charge in [0.1, 0.15) is 0 Å². The molecular weight excluding hydrogens is 339 g/mol. The van der Waals surface area contributed by atoms with Gasteiger partial charge in [0, 0.05) is 0 Å². The quantitative estimate of drug-likeness (QED) is 0.204. The van der Waals surface area contributed by atoms with E-state index in [1.807, 2.05) is 0 Å². The molecule has 0 saturated heterocycles. The Balaban J connectivity index is -0.00000242. The predicted molar refractivity (Wildman–Crippen MR) is 94.2 cm³/mol. The maximum absolute atomic E-state index is 11.3. The van der Waals surface area contributed by atoms with E-state index in [9.17, 15) is 13.2 Å². The number of carbonyl (C=O) groups excluding carboxylic acids is 1. The molecule has 0 aliphatic carbocycles. The molecule has 7 heteroatoms. The molecule has 0 amide bonds. The van der Waals surface area contributed by atoms with Crippen molar-refractivity contribution in [3.05, 3.63) is 0 Å². The van der Waals surface area contributed by atoms with Crippen LogP contribution in [-0.4, -0.2) is 31.3 Å². The van der Waals surface area contributed by atoms with Crippen LogP contribution in [0.5, 0.6) is 0 Å². The van der Waals surface area contributed by atoms with Gasteiger partial charge < -0.3 is 6.16 Å². The number of ether oxygens (including phenoxy) is 1. The van der Waals surface area contributed by atoms with E-state index in [2.05, 4.69) is 11.7 Å². The first kappa shape index (κ1) is 26.6. The fourth-order valence-electron chi connectivity index (χ4n) is 2.69. The van der Waals surface area contributed by atoms with E-state index in [1.165, 1.54) is 51.4 Å². The Kier molecular flexibility index (Phi) is 18.7. The van der Waals surface area contributed by atoms with E-state index in [0.29, 0.717) is 6.42 Å². The molecule has 1 atom stereocenters. The summed E-state index contributed by atoms with van der Waals surface area (Å²) in [6.07, 6.45) is 14.2. The minimum atomic E-state index is -4.37. The number of unbranched alkanes of at least 4 members (excludes halogenated alkanes) is 11. The fourth-order valence-corrected chi connectivity index (χ4v) is 3.49. The number of hydrogen-bond acceptors (Lipinski definition) is 4. The largest absolute Gasteiger partial charge is 1.00 e. The van der Waals surface area contributed by atoms with Crippen LogP contribution in [0.2, 0.25) is 0 Å². The zero-order valence-electron chi connectivity index (χ0n) is 16.8. The Morgan fingerprint density at radius 2 is 1.29 bits per heavy atom. The maximum Gasteiger partial charge on any atom is 1.00 e. The van der Waals surface area contributed by atoms with E-state index in [1.54, 1.807) is 0 Å². The molecule has 5 nitrogen and oxygen atoms in total. The van der Waals surface area contributed by atoms with Crippen LogP contribution in [0.3, 0.4) is 0 Å². The van der Waals surface area contributed by atoms with Gasteiger partial charge in [-0.25, -0.2) is 0 Å². The van der Waals surface area contributed by atoms with Gasteiger partial charge >= 0.3 is 35.5 Å². The smallest absolute Gasteiger partial charge is 1.00 e. The van der Waals surface area contributed by atoms with Crippen molar-refractivity contribution in [1.82, 2.24) is 0 Å². The first-order chi connectivity index (χ1) is 10.9. The molecule has 0 saturated carbocycles. The molecule has 0 aromatic heterocycles. The van der Waals surface area contributed by atoms with Crippen LogP contribution >= 0.6 is 0 Å². The van der Waals surface area contributed by atoms with Crippen molar-refractivity contribution in [3.8, 4) is 0 Å². The van der Waals surface area contributed by atoms with Gasteiger partial charge in [-0.15, -0.1) is 0 Å². The van der Waals surface area contributed by atoms with Crippen molar-refractivity contribution >= 4 is 16.1 Å². The number of esters is 1. The minimum absolute atomic E-state index is 0. The van der Waals surface area contributed by atoms with E-state index in [-0.39, 0.29) is 37.4 Å². The Morgan fingerprint density at radius 1 is 0.917 bits per heavy atom. The van der Waals surface area contributed by atoms with Crippen molar-refractivity contribution < 1.29 is 53.5 Å². The summed E-state index contributed by atoms with van der Waals surface area (Å²) in [5.41, 5.74) is 0. The zero-order valence-corrected chi connectivity index (χ0v) is 18.6. The zero-order chi connectivity index (χ0) is 17.6. The summed E-state index contributed by atoms with van der Waals surface area (Å²) in [6, 6.07) is 0. The van der Waals surface area contributed by atoms with Crippen molar-refractivity contribution in [2.75, 3.05) is 7.11 Å². The molecule has 1 unspecified atom stereocenters. The van der Waals surface area contributed by atoms with Crippen LogP contribution in [0.25, 0.3) is 0 Å². The van der Waals surface area contributed by atoms with Crippen LogP contribution in [0.1, 0.15) is 91.8 Å². The summed E-state index contributed by atoms with van der Waals surface area (Å²) in [5.74, 6) is -0.879. The number of rotatable bonds is 15. The third-order valence-corrected chi connectivity index (χ3v) is 5.29. The molecule has 0 heterocycles. The summed E-state index contributed by atoms with van der Waals surface area (Å²) >= 11 is 0. The summed E-state index contributed by atoms with van der Waals surface area (Å²) in [7, 11) is -3.24. The molecule has 0 aliphatic rings. The molecule has 0 radical (unpaired) electrons. The van der Waals surface area contributed by atoms with Gasteiger partial charge in [0.05, 0.1) is 7.11 Å². The van der Waals surface area contributed by atoms with Crippen LogP contribution in [-0.2, 0) is 19.6 Å². The molecule has 0 spiro atoms. The van der Waals surface area contributed by atoms with Crippen molar-refractivity contribution in [2.45, 2.75) is 95.6 Å². The molecule has 0 aromatic rings. The average Bonchev–Trinajstić information content (AvgIpc) is 2.50. The molecule has 0 fully saturated rings. The van der Waals surface area contributed by atoms with Crippen LogP contribution in [0.15, 0.2) is 0 Å². The molecule has 0 rings (SSSR count). The molecular formula is C17H35NaO5S. The van der Waals surface area contributed by atoms with Crippen LogP contribution in [0.4, 0.5) is 0 Å². The standard InChI is InChI=1S/C17H34O5S.Na.H/c1-3-4-5-6-7-8-9-10-11-12-13-14-15-16(17(18)22-2)23(19,20)21;;/h16H,3-15H2,1-2H3,(H,19,20,21);;/q;+1;-1. The van der Waals surface area contributed by atoms with E-state index in [0.717, 1.165) is 26.4 Å². The van der Waals surface area contributed by atoms with Crippen molar-refractivity contribution in [1.29, 1.82) is 0 Å². The van der Waals surface area contributed by atoms with Gasteiger partial charge in [0.25, 0.3) is 10.1 Å². The monoisotopic (exact) mass is 374 g/mol. The van der Waals surface area contributed by atoms with Gasteiger partial charge in [0.15, 0.2) is 5.25 Å². The molecule has 0 bridgehead atoms. The topological polar surface area (TPSA) is 80.7 Å². The van der Waals surface area contributed by atoms with Gasteiger partial charge in [-0.05, 0) is 6.42 Å². The summed E-state index contributed by atoms with van der Waals surface area (Å²) in [4.78, 5) is 11.3. The van der Waals surface area contributed by atoms with Crippen molar-refractivity contribution in [3.63, 3.8) is 0 Å². The van der Waals surface area contributed by atoms with Gasteiger partial charge in [-0.2, -0.15) is 8.42 Å². The van der Waals surface area contributed by atoms with E-state index >= 15 is 0 Å². The third-order valence-electron chi connectivity index (χ3n) is 4.14. The second-order valence-corrected chi connectivity index (χ2v) is 7.80. The van der Waals surface area contributed by atoms with Crippen molar-refractivity contribution in [2.24, 2.45) is 0 Å². The number of methoxy groups -OCH3 is 1. The van der Waals surface area contributed by atoms with Crippen LogP contribution in [0, 0.1) is 0 Å². The first-order valence-electron chi connectivity index (χ1n) is 8.97. The predicted octanol–water partition coefficient (Wildman–Crippen LogP) is 1.62. The number of hydrogen-bond donors (Lipinski definition) is 1. The van der Waals surface area contributed by atoms with E-state index in [4.69, 9.17) is 4.55 Å². The summed E-state index contributed by atoms with van der Waals surface area (Å²) in [6.45, 7) is 2.23. The van der Waals surface area contributed by atoms with E-state index < -0.39 is 21.3 Å². The second kappa shape index (κ2) is 16.8. The van der Waals surface area contributed by atoms with Crippen LogP contribution < -0.4 is 29.6 Å². The molecule has 0 aromatic carbocycles. The second-order valence-electron chi connectivity index (χ2n) is 6.20. The SMILES string of the molecule is CCCCCCCCCCCCCCC(C(=O)OC)S(=O)(=O)O.[H-].[Na+]. The Hall–Kier alpha value is 0.380. The Labute approximate surface area is 171 Å².